The number of nitrogens with one attached hydrogen (secondary N) is 1. The first-order valence-electron chi connectivity index (χ1n) is 12.0. The highest BCUT2D eigenvalue weighted by atomic mass is 16.5. The molecule has 35 heavy (non-hydrogen) atoms. The number of rotatable bonds is 8. The third-order valence-corrected chi connectivity index (χ3v) is 6.53. The summed E-state index contributed by atoms with van der Waals surface area (Å²) >= 11 is 0. The minimum Gasteiger partial charge on any atom is -0.480 e. The zero-order chi connectivity index (χ0) is 24.4. The topological polar surface area (TPSA) is 80.2 Å². The smallest absolute Gasteiger partial charge is 0.232 e. The third-order valence-electron chi connectivity index (χ3n) is 6.53. The number of aliphatic hydroxyl groups is 1. The lowest BCUT2D eigenvalue weighted by Crippen LogP contribution is -2.06. The molecule has 6 nitrogen and oxygen atoms in total. The molecular formula is C29H30N4O2. The summed E-state index contributed by atoms with van der Waals surface area (Å²) in [4.78, 5) is 13.6. The van der Waals surface area contributed by atoms with Gasteiger partial charge in [-0.3, -0.25) is 4.98 Å². The molecule has 0 saturated heterocycles. The molecule has 5 rings (SSSR count). The van der Waals surface area contributed by atoms with Crippen LogP contribution in [0.25, 0.3) is 22.7 Å². The summed E-state index contributed by atoms with van der Waals surface area (Å²) in [5.41, 5.74) is 12.4. The number of ether oxygens (including phenoxy) is 1. The molecule has 0 fully saturated rings. The molecule has 0 atom stereocenters. The van der Waals surface area contributed by atoms with Crippen LogP contribution in [0, 0.1) is 13.8 Å². The van der Waals surface area contributed by atoms with Crippen molar-refractivity contribution in [2.24, 2.45) is 0 Å². The van der Waals surface area contributed by atoms with E-state index >= 15 is 0 Å². The summed E-state index contributed by atoms with van der Waals surface area (Å²) in [7, 11) is 1.61. The predicted octanol–water partition coefficient (Wildman–Crippen LogP) is 5.28. The van der Waals surface area contributed by atoms with Crippen molar-refractivity contribution in [2.75, 3.05) is 19.0 Å². The Hall–Kier alpha value is -3.77. The van der Waals surface area contributed by atoms with Crippen LogP contribution in [-0.4, -0.2) is 33.8 Å². The average Bonchev–Trinajstić information content (AvgIpc) is 3.30. The number of aryl methyl sites for hydroxylation is 2. The zero-order valence-electron chi connectivity index (χ0n) is 20.4. The molecule has 4 aromatic rings. The largest absolute Gasteiger partial charge is 0.480 e. The van der Waals surface area contributed by atoms with Gasteiger partial charge in [-0.1, -0.05) is 18.2 Å². The summed E-state index contributed by atoms with van der Waals surface area (Å²) in [6.45, 7) is 4.98. The van der Waals surface area contributed by atoms with E-state index in [2.05, 4.69) is 57.5 Å². The fourth-order valence-corrected chi connectivity index (χ4v) is 4.86. The van der Waals surface area contributed by atoms with E-state index in [-0.39, 0.29) is 6.61 Å². The van der Waals surface area contributed by atoms with E-state index in [0.29, 0.717) is 5.88 Å². The van der Waals surface area contributed by atoms with Gasteiger partial charge >= 0.3 is 0 Å². The molecule has 0 aliphatic heterocycles. The first kappa shape index (κ1) is 23.0. The maximum Gasteiger partial charge on any atom is 0.232 e. The van der Waals surface area contributed by atoms with Crippen LogP contribution in [0.2, 0.25) is 0 Å². The standard InChI is InChI=1S/C29H30N4O2/c1-18-11-26(29-27(12-18)33-28(35-3)17-32-29)22-14-20-6-7-21(24(5-4-10-34)25(20)15-22)16-31-23-8-9-30-19(2)13-23/h6-9,11-13,15,17,34H,4-5,10,14,16H2,1-3H3,(H,30,31). The van der Waals surface area contributed by atoms with Crippen LogP contribution < -0.4 is 10.1 Å². The second kappa shape index (κ2) is 9.84. The van der Waals surface area contributed by atoms with Crippen LogP contribution in [0.1, 0.15) is 45.5 Å². The first-order valence-corrected chi connectivity index (χ1v) is 12.0. The van der Waals surface area contributed by atoms with Crippen LogP contribution in [0.4, 0.5) is 5.69 Å². The van der Waals surface area contributed by atoms with Crippen molar-refractivity contribution < 1.29 is 9.84 Å². The summed E-state index contributed by atoms with van der Waals surface area (Å²) in [6, 6.07) is 12.8. The Morgan fingerprint density at radius 3 is 2.77 bits per heavy atom. The highest BCUT2D eigenvalue weighted by Gasteiger charge is 2.21. The Bertz CT molecular complexity index is 1430. The van der Waals surface area contributed by atoms with Gasteiger partial charge in [-0.25, -0.2) is 9.97 Å². The van der Waals surface area contributed by atoms with Crippen LogP contribution in [0.5, 0.6) is 5.88 Å². The molecule has 1 aliphatic rings. The number of fused-ring (bicyclic) bond motifs is 2. The van der Waals surface area contributed by atoms with E-state index < -0.39 is 0 Å². The Morgan fingerprint density at radius 1 is 1.09 bits per heavy atom. The highest BCUT2D eigenvalue weighted by molar-refractivity contribution is 5.98. The second-order valence-electron chi connectivity index (χ2n) is 9.08. The Morgan fingerprint density at radius 2 is 1.97 bits per heavy atom. The van der Waals surface area contributed by atoms with Gasteiger partial charge in [0.25, 0.3) is 0 Å². The normalized spacial score (nSPS) is 12.5. The van der Waals surface area contributed by atoms with E-state index in [1.54, 1.807) is 13.3 Å². The number of methoxy groups -OCH3 is 1. The lowest BCUT2D eigenvalue weighted by atomic mass is 9.94. The fourth-order valence-electron chi connectivity index (χ4n) is 4.86. The highest BCUT2D eigenvalue weighted by Crippen LogP contribution is 2.38. The number of allylic oxidation sites excluding steroid dienone is 1. The average molecular weight is 467 g/mol. The molecule has 0 bridgehead atoms. The molecule has 2 N–H and O–H groups in total. The van der Waals surface area contributed by atoms with Crippen molar-refractivity contribution in [3.05, 3.63) is 87.9 Å². The molecule has 6 heteroatoms. The summed E-state index contributed by atoms with van der Waals surface area (Å²) < 4.78 is 5.29. The lowest BCUT2D eigenvalue weighted by Gasteiger charge is -2.15. The molecular weight excluding hydrogens is 436 g/mol. The van der Waals surface area contributed by atoms with Crippen LogP contribution in [0.3, 0.4) is 0 Å². The molecule has 0 unspecified atom stereocenters. The third kappa shape index (κ3) is 4.75. The number of aliphatic hydroxyl groups excluding tert-OH is 1. The molecule has 0 radical (unpaired) electrons. The van der Waals surface area contributed by atoms with Crippen molar-refractivity contribution >= 4 is 28.4 Å². The number of aromatic nitrogens is 3. The minimum absolute atomic E-state index is 0.177. The van der Waals surface area contributed by atoms with Gasteiger partial charge in [0, 0.05) is 36.3 Å². The summed E-state index contributed by atoms with van der Waals surface area (Å²) in [6.07, 6.45) is 8.24. The van der Waals surface area contributed by atoms with Crippen molar-refractivity contribution in [1.29, 1.82) is 0 Å². The number of hydrogen-bond acceptors (Lipinski definition) is 6. The van der Waals surface area contributed by atoms with E-state index in [4.69, 9.17) is 4.74 Å². The van der Waals surface area contributed by atoms with Gasteiger partial charge in [-0.05, 0) is 90.8 Å². The molecule has 1 aliphatic carbocycles. The van der Waals surface area contributed by atoms with Gasteiger partial charge in [0.1, 0.15) is 0 Å². The number of pyridine rings is 1. The number of hydrogen-bond donors (Lipinski definition) is 2. The van der Waals surface area contributed by atoms with Gasteiger partial charge in [-0.2, -0.15) is 0 Å². The van der Waals surface area contributed by atoms with Crippen LogP contribution in [0.15, 0.2) is 48.8 Å². The summed E-state index contributed by atoms with van der Waals surface area (Å²) in [5.74, 6) is 0.519. The number of nitrogens with zero attached hydrogens (tertiary/aromatic N) is 3. The van der Waals surface area contributed by atoms with Gasteiger partial charge in [0.05, 0.1) is 24.3 Å². The minimum atomic E-state index is 0.177. The predicted molar refractivity (Wildman–Crippen MR) is 141 cm³/mol. The monoisotopic (exact) mass is 466 g/mol. The van der Waals surface area contributed by atoms with E-state index in [1.165, 1.54) is 27.8 Å². The summed E-state index contributed by atoms with van der Waals surface area (Å²) in [5, 5.41) is 13.1. The quantitative estimate of drug-likeness (QED) is 0.368. The molecule has 0 spiro atoms. The van der Waals surface area contributed by atoms with Gasteiger partial charge in [-0.15, -0.1) is 0 Å². The lowest BCUT2D eigenvalue weighted by molar-refractivity contribution is 0.288. The second-order valence-corrected chi connectivity index (χ2v) is 9.08. The zero-order valence-corrected chi connectivity index (χ0v) is 20.4. The van der Waals surface area contributed by atoms with Gasteiger partial charge in [0.2, 0.25) is 5.88 Å². The van der Waals surface area contributed by atoms with E-state index in [9.17, 15) is 5.11 Å². The van der Waals surface area contributed by atoms with E-state index in [0.717, 1.165) is 59.3 Å². The molecule has 2 aromatic carbocycles. The van der Waals surface area contributed by atoms with Crippen molar-refractivity contribution in [3.63, 3.8) is 0 Å². The number of anilines is 1. The Kier molecular flexibility index (Phi) is 6.47. The van der Waals surface area contributed by atoms with Gasteiger partial charge < -0.3 is 15.2 Å². The molecule has 0 saturated carbocycles. The van der Waals surface area contributed by atoms with Crippen molar-refractivity contribution in [2.45, 2.75) is 39.7 Å². The first-order chi connectivity index (χ1) is 17.1. The Balaban J connectivity index is 1.53. The molecule has 2 heterocycles. The Labute approximate surface area is 205 Å². The SMILES string of the molecule is COc1cnc2c(C3=Cc4c(ccc(CNc5ccnc(C)c5)c4CCCO)C3)cc(C)cc2n1. The maximum atomic E-state index is 9.56. The van der Waals surface area contributed by atoms with E-state index in [1.807, 2.05) is 25.3 Å². The van der Waals surface area contributed by atoms with Gasteiger partial charge in [0.15, 0.2) is 0 Å². The maximum absolute atomic E-state index is 9.56. The van der Waals surface area contributed by atoms with Crippen molar-refractivity contribution in [1.82, 2.24) is 15.0 Å². The molecule has 178 valence electrons. The molecule has 0 amide bonds. The van der Waals surface area contributed by atoms with Crippen molar-refractivity contribution in [3.8, 4) is 5.88 Å². The number of benzene rings is 2. The fraction of sp³-hybridized carbons (Fsp3) is 0.276. The van der Waals surface area contributed by atoms with Crippen LogP contribution >= 0.6 is 0 Å². The molecule has 2 aromatic heterocycles. The van der Waals surface area contributed by atoms with Crippen LogP contribution in [-0.2, 0) is 19.4 Å².